The first-order valence-electron chi connectivity index (χ1n) is 5.03. The lowest BCUT2D eigenvalue weighted by Gasteiger charge is -2.06. The predicted molar refractivity (Wildman–Crippen MR) is 70.9 cm³/mol. The zero-order valence-corrected chi connectivity index (χ0v) is 10.5. The monoisotopic (exact) mass is 291 g/mol. The molecule has 0 heterocycles. The average Bonchev–Trinajstić information content (AvgIpc) is 2.32. The third-order valence-corrected chi connectivity index (χ3v) is 2.27. The third-order valence-electron chi connectivity index (χ3n) is 2.08. The van der Waals surface area contributed by atoms with Crippen molar-refractivity contribution >= 4 is 26.4 Å². The van der Waals surface area contributed by atoms with Crippen molar-refractivity contribution in [3.8, 4) is 11.5 Å². The standard InChI is InChI=1S/C13H10BrNO2/c14-13(16)15-10-6-8-12(9-7-10)17-11-4-2-1-3-5-11/h1-9H,(H,15,16). The molecule has 2 aromatic carbocycles. The number of hydrogen-bond acceptors (Lipinski definition) is 2. The largest absolute Gasteiger partial charge is 0.457 e. The number of rotatable bonds is 3. The molecule has 86 valence electrons. The third kappa shape index (κ3) is 3.60. The van der Waals surface area contributed by atoms with Crippen molar-refractivity contribution in [3.05, 3.63) is 54.6 Å². The highest BCUT2D eigenvalue weighted by Gasteiger charge is 1.99. The maximum atomic E-state index is 10.8. The van der Waals surface area contributed by atoms with Gasteiger partial charge in [-0.15, -0.1) is 0 Å². The second kappa shape index (κ2) is 5.50. The van der Waals surface area contributed by atoms with Crippen LogP contribution in [0.4, 0.5) is 10.5 Å². The van der Waals surface area contributed by atoms with Gasteiger partial charge in [-0.2, -0.15) is 0 Å². The summed E-state index contributed by atoms with van der Waals surface area (Å²) in [4.78, 5) is 10.5. The first kappa shape index (κ1) is 11.7. The number of halogens is 1. The van der Waals surface area contributed by atoms with Crippen LogP contribution in [0.5, 0.6) is 11.5 Å². The van der Waals surface area contributed by atoms with Crippen LogP contribution in [-0.2, 0) is 0 Å². The number of benzene rings is 2. The Labute approximate surface area is 108 Å². The Balaban J connectivity index is 2.06. The summed E-state index contributed by atoms with van der Waals surface area (Å²) in [5.74, 6) is 1.51. The minimum atomic E-state index is -0.269. The Hall–Kier alpha value is -1.81. The fourth-order valence-corrected chi connectivity index (χ4v) is 1.57. The molecule has 0 aliphatic heterocycles. The van der Waals surface area contributed by atoms with E-state index in [9.17, 15) is 4.79 Å². The second-order valence-electron chi connectivity index (χ2n) is 3.34. The van der Waals surface area contributed by atoms with E-state index >= 15 is 0 Å². The number of nitrogens with one attached hydrogen (secondary N) is 1. The van der Waals surface area contributed by atoms with Crippen molar-refractivity contribution < 1.29 is 9.53 Å². The summed E-state index contributed by atoms with van der Waals surface area (Å²) in [5, 5.41) is 2.62. The molecule has 2 rings (SSSR count). The van der Waals surface area contributed by atoms with Crippen LogP contribution in [0.25, 0.3) is 0 Å². The van der Waals surface area contributed by atoms with E-state index in [0.29, 0.717) is 5.69 Å². The Morgan fingerprint density at radius 2 is 1.53 bits per heavy atom. The summed E-state index contributed by atoms with van der Waals surface area (Å²) in [5.41, 5.74) is 0.715. The first-order chi connectivity index (χ1) is 8.24. The lowest BCUT2D eigenvalue weighted by molar-refractivity contribution is 0.270. The predicted octanol–water partition coefficient (Wildman–Crippen LogP) is 4.41. The highest BCUT2D eigenvalue weighted by atomic mass is 79.9. The number of para-hydroxylation sites is 1. The number of ether oxygens (including phenoxy) is 1. The second-order valence-corrected chi connectivity index (χ2v) is 4.06. The summed E-state index contributed by atoms with van der Waals surface area (Å²) < 4.78 is 5.61. The maximum absolute atomic E-state index is 10.8. The van der Waals surface area contributed by atoms with Gasteiger partial charge in [0, 0.05) is 21.6 Å². The molecule has 4 heteroatoms. The molecule has 17 heavy (non-hydrogen) atoms. The van der Waals surface area contributed by atoms with Crippen LogP contribution in [0.1, 0.15) is 0 Å². The van der Waals surface area contributed by atoms with E-state index in [1.807, 2.05) is 30.3 Å². The van der Waals surface area contributed by atoms with Crippen molar-refractivity contribution in [2.75, 3.05) is 5.32 Å². The normalized spacial score (nSPS) is 9.71. The van der Waals surface area contributed by atoms with Crippen molar-refractivity contribution in [2.45, 2.75) is 0 Å². The topological polar surface area (TPSA) is 38.3 Å². The van der Waals surface area contributed by atoms with Crippen LogP contribution < -0.4 is 10.1 Å². The van der Waals surface area contributed by atoms with E-state index in [-0.39, 0.29) is 4.82 Å². The number of carbonyl (C=O) groups excluding carboxylic acids is 1. The lowest BCUT2D eigenvalue weighted by atomic mass is 10.3. The van der Waals surface area contributed by atoms with Crippen LogP contribution in [0.2, 0.25) is 0 Å². The number of amides is 1. The van der Waals surface area contributed by atoms with Gasteiger partial charge in [0.05, 0.1) is 0 Å². The molecule has 0 aromatic heterocycles. The summed E-state index contributed by atoms with van der Waals surface area (Å²) in [6.07, 6.45) is 0. The Morgan fingerprint density at radius 1 is 0.941 bits per heavy atom. The van der Waals surface area contributed by atoms with Crippen LogP contribution in [0.3, 0.4) is 0 Å². The zero-order valence-electron chi connectivity index (χ0n) is 8.89. The molecule has 1 N–H and O–H groups in total. The number of hydrogen-bond donors (Lipinski definition) is 1. The Kier molecular flexibility index (Phi) is 3.77. The van der Waals surface area contributed by atoms with Gasteiger partial charge in [0.1, 0.15) is 11.5 Å². The summed E-state index contributed by atoms with van der Waals surface area (Å²) in [7, 11) is 0. The molecule has 0 atom stereocenters. The van der Waals surface area contributed by atoms with Crippen molar-refractivity contribution in [2.24, 2.45) is 0 Å². The van der Waals surface area contributed by atoms with Gasteiger partial charge < -0.3 is 10.1 Å². The van der Waals surface area contributed by atoms with Crippen LogP contribution in [0, 0.1) is 0 Å². The molecule has 2 aromatic rings. The number of carbonyl (C=O) groups is 1. The summed E-state index contributed by atoms with van der Waals surface area (Å²) >= 11 is 2.80. The van der Waals surface area contributed by atoms with E-state index in [4.69, 9.17) is 4.74 Å². The molecule has 0 saturated heterocycles. The van der Waals surface area contributed by atoms with E-state index in [1.165, 1.54) is 0 Å². The van der Waals surface area contributed by atoms with E-state index in [1.54, 1.807) is 24.3 Å². The molecule has 1 amide bonds. The van der Waals surface area contributed by atoms with Crippen molar-refractivity contribution in [1.82, 2.24) is 0 Å². The Bertz CT molecular complexity index is 497. The summed E-state index contributed by atoms with van der Waals surface area (Å²) in [6, 6.07) is 16.7. The maximum Gasteiger partial charge on any atom is 0.291 e. The Morgan fingerprint density at radius 3 is 2.12 bits per heavy atom. The zero-order chi connectivity index (χ0) is 12.1. The van der Waals surface area contributed by atoms with E-state index in [2.05, 4.69) is 21.2 Å². The first-order valence-corrected chi connectivity index (χ1v) is 5.83. The molecule has 0 unspecified atom stereocenters. The SMILES string of the molecule is O=C(Br)Nc1ccc(Oc2ccccc2)cc1. The average molecular weight is 292 g/mol. The molecule has 0 aliphatic rings. The summed E-state index contributed by atoms with van der Waals surface area (Å²) in [6.45, 7) is 0. The quantitative estimate of drug-likeness (QED) is 0.672. The molecule has 0 radical (unpaired) electrons. The molecule has 0 fully saturated rings. The van der Waals surface area contributed by atoms with Crippen LogP contribution >= 0.6 is 15.9 Å². The molecule has 0 spiro atoms. The molecule has 0 aliphatic carbocycles. The van der Waals surface area contributed by atoms with Crippen LogP contribution in [0.15, 0.2) is 54.6 Å². The van der Waals surface area contributed by atoms with Gasteiger partial charge in [-0.05, 0) is 36.4 Å². The fraction of sp³-hybridized carbons (Fsp3) is 0. The molecular weight excluding hydrogens is 282 g/mol. The number of anilines is 1. The molecule has 0 saturated carbocycles. The van der Waals surface area contributed by atoms with Gasteiger partial charge in [0.2, 0.25) is 0 Å². The van der Waals surface area contributed by atoms with Gasteiger partial charge in [0.25, 0.3) is 4.82 Å². The lowest BCUT2D eigenvalue weighted by Crippen LogP contribution is -1.99. The minimum absolute atomic E-state index is 0.269. The smallest absolute Gasteiger partial charge is 0.291 e. The fourth-order valence-electron chi connectivity index (χ4n) is 1.34. The highest BCUT2D eigenvalue weighted by molar-refractivity contribution is 9.18. The van der Waals surface area contributed by atoms with Gasteiger partial charge >= 0.3 is 0 Å². The van der Waals surface area contributed by atoms with Gasteiger partial charge in [-0.1, -0.05) is 18.2 Å². The molecule has 0 bridgehead atoms. The molecular formula is C13H10BrNO2. The van der Waals surface area contributed by atoms with Gasteiger partial charge in [-0.25, -0.2) is 0 Å². The minimum Gasteiger partial charge on any atom is -0.457 e. The van der Waals surface area contributed by atoms with Crippen molar-refractivity contribution in [3.63, 3.8) is 0 Å². The van der Waals surface area contributed by atoms with Crippen LogP contribution in [-0.4, -0.2) is 4.82 Å². The van der Waals surface area contributed by atoms with Crippen molar-refractivity contribution in [1.29, 1.82) is 0 Å². The molecule has 3 nitrogen and oxygen atoms in total. The van der Waals surface area contributed by atoms with E-state index < -0.39 is 0 Å². The van der Waals surface area contributed by atoms with Gasteiger partial charge in [-0.3, -0.25) is 4.79 Å². The highest BCUT2D eigenvalue weighted by Crippen LogP contribution is 2.22. The van der Waals surface area contributed by atoms with E-state index in [0.717, 1.165) is 11.5 Å². The van der Waals surface area contributed by atoms with Gasteiger partial charge in [0.15, 0.2) is 0 Å².